The number of ether oxygens (including phenoxy) is 1. The van der Waals surface area contributed by atoms with Crippen LogP contribution < -0.4 is 15.8 Å². The van der Waals surface area contributed by atoms with Crippen molar-refractivity contribution in [2.24, 2.45) is 0 Å². The second-order valence-electron chi connectivity index (χ2n) is 5.61. The molecular weight excluding hydrogens is 424 g/mol. The Hall–Kier alpha value is -2.47. The van der Waals surface area contributed by atoms with Crippen molar-refractivity contribution in [1.29, 1.82) is 0 Å². The monoisotopic (exact) mass is 438 g/mol. The molecule has 3 aromatic heterocycles. The van der Waals surface area contributed by atoms with Crippen molar-refractivity contribution < 1.29 is 9.53 Å². The Labute approximate surface area is 160 Å². The van der Waals surface area contributed by atoms with Crippen molar-refractivity contribution in [3.05, 3.63) is 17.0 Å². The van der Waals surface area contributed by atoms with Crippen LogP contribution in [0.4, 0.5) is 11.9 Å². The minimum absolute atomic E-state index is 0.0873. The fraction of sp³-hybridized carbons (Fsp3) is 0.286. The number of anilines is 2. The number of halogens is 1. The van der Waals surface area contributed by atoms with Crippen LogP contribution in [0.25, 0.3) is 11.2 Å². The minimum Gasteiger partial charge on any atom is -0.480 e. The number of nitrogens with one attached hydrogen (secondary N) is 2. The average Bonchev–Trinajstić information content (AvgIpc) is 3.04. The zero-order valence-corrected chi connectivity index (χ0v) is 16.5. The van der Waals surface area contributed by atoms with Gasteiger partial charge in [0, 0.05) is 0 Å². The molecule has 12 heteroatoms. The van der Waals surface area contributed by atoms with Crippen molar-refractivity contribution in [3.63, 3.8) is 0 Å². The molecule has 0 aliphatic heterocycles. The summed E-state index contributed by atoms with van der Waals surface area (Å²) in [6.07, 6.45) is 3.00. The van der Waals surface area contributed by atoms with Gasteiger partial charge < -0.3 is 15.5 Å². The predicted octanol–water partition coefficient (Wildman–Crippen LogP) is 2.01. The van der Waals surface area contributed by atoms with Crippen LogP contribution in [0.3, 0.4) is 0 Å². The number of carbonyl (C=O) groups excluding carboxylic acids is 1. The second-order valence-corrected chi connectivity index (χ2v) is 8.07. The van der Waals surface area contributed by atoms with E-state index in [-0.39, 0.29) is 17.8 Å². The van der Waals surface area contributed by atoms with Gasteiger partial charge in [-0.05, 0) is 29.8 Å². The molecule has 0 bridgehead atoms. The van der Waals surface area contributed by atoms with Crippen LogP contribution in [0.1, 0.15) is 13.8 Å². The largest absolute Gasteiger partial charge is 0.480 e. The Kier molecular flexibility index (Phi) is 4.96. The first-order valence-electron chi connectivity index (χ1n) is 7.34. The van der Waals surface area contributed by atoms with Crippen LogP contribution in [0.5, 0.6) is 5.88 Å². The third-order valence-corrected chi connectivity index (χ3v) is 5.03. The normalized spacial score (nSPS) is 11.5. The van der Waals surface area contributed by atoms with E-state index in [1.54, 1.807) is 13.8 Å². The molecular formula is C14H15BrN8O2S. The number of hydrogen-bond donors (Lipinski definition) is 3. The van der Waals surface area contributed by atoms with Gasteiger partial charge in [-0.25, -0.2) is 15.0 Å². The highest BCUT2D eigenvalue weighted by Crippen LogP contribution is 2.35. The van der Waals surface area contributed by atoms with Crippen molar-refractivity contribution >= 4 is 56.7 Å². The molecule has 0 fully saturated rings. The number of imidazole rings is 1. The predicted molar refractivity (Wildman–Crippen MR) is 101 cm³/mol. The van der Waals surface area contributed by atoms with Gasteiger partial charge in [0.25, 0.3) is 0 Å². The highest BCUT2D eigenvalue weighted by atomic mass is 79.9. The lowest BCUT2D eigenvalue weighted by atomic mass is 10.2. The van der Waals surface area contributed by atoms with Gasteiger partial charge in [-0.3, -0.25) is 10.1 Å². The molecule has 3 aromatic rings. The summed E-state index contributed by atoms with van der Waals surface area (Å²) in [6, 6.07) is 0. The number of nitrogens with zero attached hydrogens (tertiary/aromatic N) is 5. The van der Waals surface area contributed by atoms with Gasteiger partial charge in [-0.15, -0.1) is 0 Å². The van der Waals surface area contributed by atoms with E-state index in [0.29, 0.717) is 26.5 Å². The molecule has 0 aromatic carbocycles. The lowest BCUT2D eigenvalue weighted by Crippen LogP contribution is -2.34. The minimum atomic E-state index is -0.900. The number of rotatable bonds is 5. The summed E-state index contributed by atoms with van der Waals surface area (Å²) >= 11 is 4.49. The Morgan fingerprint density at radius 1 is 1.35 bits per heavy atom. The number of aromatic nitrogens is 6. The molecule has 0 atom stereocenters. The fourth-order valence-corrected chi connectivity index (χ4v) is 3.36. The topological polar surface area (TPSA) is 145 Å². The average molecular weight is 439 g/mol. The van der Waals surface area contributed by atoms with Crippen molar-refractivity contribution in [2.45, 2.75) is 23.6 Å². The van der Waals surface area contributed by atoms with Crippen LogP contribution in [0.2, 0.25) is 0 Å². The van der Waals surface area contributed by atoms with E-state index < -0.39 is 4.75 Å². The summed E-state index contributed by atoms with van der Waals surface area (Å²) in [6.45, 7) is 3.51. The fourth-order valence-electron chi connectivity index (χ4n) is 1.99. The Morgan fingerprint density at radius 2 is 2.12 bits per heavy atom. The summed E-state index contributed by atoms with van der Waals surface area (Å²) in [7, 11) is 1.48. The number of fused-ring (bicyclic) bond motifs is 1. The highest BCUT2D eigenvalue weighted by molar-refractivity contribution is 9.10. The molecule has 0 aliphatic carbocycles. The van der Waals surface area contributed by atoms with E-state index in [4.69, 9.17) is 10.5 Å². The number of carbonyl (C=O) groups is 1. The standard InChI is InChI=1S/C14H15BrN8O2S/c1-14(2,11(24)23-13-17-4-6(15)9(21-13)25-3)26-10-7-8(19-5-18-7)20-12(16)22-10/h4-5H,1-3H3,(H,17,21,23,24)(H3,16,18,19,20,22). The van der Waals surface area contributed by atoms with Gasteiger partial charge >= 0.3 is 0 Å². The Balaban J connectivity index is 1.83. The van der Waals surface area contributed by atoms with Crippen molar-refractivity contribution in [1.82, 2.24) is 29.9 Å². The molecule has 136 valence electrons. The summed E-state index contributed by atoms with van der Waals surface area (Å²) in [5.41, 5.74) is 6.78. The molecule has 3 rings (SSSR count). The summed E-state index contributed by atoms with van der Waals surface area (Å²) in [5, 5.41) is 3.20. The highest BCUT2D eigenvalue weighted by Gasteiger charge is 2.32. The first-order valence-corrected chi connectivity index (χ1v) is 8.94. The maximum Gasteiger partial charge on any atom is 0.242 e. The number of H-pyrrole nitrogens is 1. The van der Waals surface area contributed by atoms with Crippen LogP contribution in [-0.4, -0.2) is 47.7 Å². The van der Waals surface area contributed by atoms with Crippen LogP contribution in [0, 0.1) is 0 Å². The van der Waals surface area contributed by atoms with Gasteiger partial charge in [-0.2, -0.15) is 9.97 Å². The molecule has 0 saturated carbocycles. The zero-order valence-electron chi connectivity index (χ0n) is 14.1. The molecule has 0 aliphatic rings. The molecule has 26 heavy (non-hydrogen) atoms. The third-order valence-electron chi connectivity index (χ3n) is 3.30. The molecule has 4 N–H and O–H groups in total. The van der Waals surface area contributed by atoms with E-state index in [1.165, 1.54) is 31.4 Å². The molecule has 0 spiro atoms. The summed E-state index contributed by atoms with van der Waals surface area (Å²) in [5.74, 6) is 0.238. The molecule has 0 radical (unpaired) electrons. The summed E-state index contributed by atoms with van der Waals surface area (Å²) in [4.78, 5) is 36.2. The van der Waals surface area contributed by atoms with E-state index in [9.17, 15) is 4.79 Å². The molecule has 10 nitrogen and oxygen atoms in total. The molecule has 1 amide bonds. The number of nitrogens with two attached hydrogens (primary N) is 1. The summed E-state index contributed by atoms with van der Waals surface area (Å²) < 4.78 is 4.79. The van der Waals surface area contributed by atoms with Gasteiger partial charge in [0.05, 0.1) is 28.9 Å². The lowest BCUT2D eigenvalue weighted by molar-refractivity contribution is -0.117. The second kappa shape index (κ2) is 7.03. The smallest absolute Gasteiger partial charge is 0.242 e. The van der Waals surface area contributed by atoms with Gasteiger partial charge in [-0.1, -0.05) is 11.8 Å². The molecule has 3 heterocycles. The SMILES string of the molecule is COc1nc(NC(=O)C(C)(C)Sc2nc(N)nc3nc[nH]c23)ncc1Br. The maximum absolute atomic E-state index is 12.7. The Bertz CT molecular complexity index is 977. The number of methoxy groups -OCH3 is 1. The van der Waals surface area contributed by atoms with E-state index >= 15 is 0 Å². The van der Waals surface area contributed by atoms with Crippen molar-refractivity contribution in [3.8, 4) is 5.88 Å². The Morgan fingerprint density at radius 3 is 2.85 bits per heavy atom. The van der Waals surface area contributed by atoms with Gasteiger partial charge in [0.1, 0.15) is 10.5 Å². The number of hydrogen-bond acceptors (Lipinski definition) is 9. The number of thioether (sulfide) groups is 1. The van der Waals surface area contributed by atoms with Gasteiger partial charge in [0.15, 0.2) is 5.65 Å². The van der Waals surface area contributed by atoms with E-state index in [1.807, 2.05) is 0 Å². The molecule has 0 unspecified atom stereocenters. The van der Waals surface area contributed by atoms with E-state index in [0.717, 1.165) is 0 Å². The third kappa shape index (κ3) is 3.70. The van der Waals surface area contributed by atoms with Crippen LogP contribution in [0.15, 0.2) is 22.0 Å². The zero-order chi connectivity index (χ0) is 18.9. The molecule has 0 saturated heterocycles. The first-order chi connectivity index (χ1) is 12.3. The number of nitrogen functional groups attached to an aromatic ring is 1. The number of amides is 1. The van der Waals surface area contributed by atoms with Crippen LogP contribution in [-0.2, 0) is 4.79 Å². The lowest BCUT2D eigenvalue weighted by Gasteiger charge is -2.22. The van der Waals surface area contributed by atoms with Gasteiger partial charge in [0.2, 0.25) is 23.7 Å². The number of aromatic amines is 1. The first kappa shape index (κ1) is 18.3. The quantitative estimate of drug-likeness (QED) is 0.401. The van der Waals surface area contributed by atoms with E-state index in [2.05, 4.69) is 51.2 Å². The maximum atomic E-state index is 12.7. The van der Waals surface area contributed by atoms with Crippen LogP contribution >= 0.6 is 27.7 Å². The van der Waals surface area contributed by atoms with Crippen molar-refractivity contribution in [2.75, 3.05) is 18.2 Å².